The Hall–Kier alpha value is -5.00. The SMILES string of the molecule is Cc1ncsc1-c1ccc([C@H](COCCN2CCC(c3ccc4c(c3)n(C3CCCC3)c3nc(=O)c5c(Br)cccc5n43)CC2)NC(=O)[C@@H]2C[C@@H](O)CN2C(=O)[C@@H](NC(=O)C2(C3CCCC3)CC2)C(C)(C)C)cc1. The molecule has 2 aliphatic heterocycles. The highest BCUT2D eigenvalue weighted by molar-refractivity contribution is 9.10. The average molecular weight is 1090 g/mol. The maximum absolute atomic E-state index is 14.6. The molecule has 3 aliphatic carbocycles. The van der Waals surface area contributed by atoms with Gasteiger partial charge in [-0.25, -0.2) is 4.98 Å². The summed E-state index contributed by atoms with van der Waals surface area (Å²) in [6.07, 6.45) is 11.8. The fraction of sp³-hybridized carbons (Fsp3) is 0.552. The van der Waals surface area contributed by atoms with Crippen LogP contribution < -0.4 is 16.2 Å². The van der Waals surface area contributed by atoms with Crippen LogP contribution in [0.4, 0.5) is 0 Å². The molecule has 2 saturated heterocycles. The summed E-state index contributed by atoms with van der Waals surface area (Å²) in [6, 6.07) is 18.9. The van der Waals surface area contributed by atoms with Gasteiger partial charge in [-0.1, -0.05) is 82.9 Å². The number of β-amino-alcohol motifs (C(OH)–C–C–N with tert-alkyl or cyclic N) is 1. The number of likely N-dealkylation sites (tertiary alicyclic amines) is 2. The van der Waals surface area contributed by atoms with Crippen LogP contribution in [0.3, 0.4) is 0 Å². The molecule has 3 aromatic carbocycles. The summed E-state index contributed by atoms with van der Waals surface area (Å²) >= 11 is 5.21. The third-order valence-electron chi connectivity index (χ3n) is 17.4. The van der Waals surface area contributed by atoms with E-state index in [4.69, 9.17) is 9.72 Å². The van der Waals surface area contributed by atoms with Gasteiger partial charge in [-0.15, -0.1) is 11.3 Å². The zero-order valence-electron chi connectivity index (χ0n) is 43.3. The van der Waals surface area contributed by atoms with Gasteiger partial charge in [0.2, 0.25) is 23.5 Å². The normalized spacial score (nSPS) is 21.8. The number of hydrogen-bond acceptors (Lipinski definition) is 10. The number of aliphatic hydroxyl groups is 1. The predicted molar refractivity (Wildman–Crippen MR) is 293 cm³/mol. The average Bonchev–Trinajstić information content (AvgIpc) is 4.05. The van der Waals surface area contributed by atoms with Crippen LogP contribution in [0, 0.1) is 23.7 Å². The number of amides is 3. The number of ether oxygens (including phenoxy) is 1. The van der Waals surface area contributed by atoms with E-state index in [1.54, 1.807) is 11.3 Å². The van der Waals surface area contributed by atoms with Gasteiger partial charge in [-0.2, -0.15) is 4.98 Å². The maximum atomic E-state index is 14.6. The van der Waals surface area contributed by atoms with Gasteiger partial charge >= 0.3 is 0 Å². The van der Waals surface area contributed by atoms with Crippen molar-refractivity contribution < 1.29 is 24.2 Å². The standard InChI is InChI=1S/C58H71BrN8O6S/c1-35-50(74-34-60-35)38-18-16-37(17-19-38)44(61-52(69)48-31-42(68)32-65(48)54(71)51(57(2,3)4)62-55(72)58(24-25-58)40-10-5-6-11-40)33-73-29-28-64-26-22-36(23-27-64)39-20-21-45-47(30-39)66(41-12-7-8-13-41)56-63-53(70)49-43(59)14-9-15-46(49)67(45)56/h9,14-21,30,34,36,40-42,44,48,51,68H,5-8,10-13,22-29,31-33H2,1-4H3,(H,61,69)(H,62,72)/t42-,44+,48+,51-/m1/s1. The van der Waals surface area contributed by atoms with E-state index < -0.39 is 35.1 Å². The van der Waals surface area contributed by atoms with Gasteiger partial charge in [0.05, 0.1) is 68.8 Å². The Labute approximate surface area is 445 Å². The van der Waals surface area contributed by atoms with Crippen molar-refractivity contribution in [1.82, 2.24) is 39.4 Å². The number of benzene rings is 3. The van der Waals surface area contributed by atoms with Gasteiger partial charge in [0.1, 0.15) is 12.1 Å². The lowest BCUT2D eigenvalue weighted by Crippen LogP contribution is -2.59. The van der Waals surface area contributed by atoms with Crippen molar-refractivity contribution in [2.24, 2.45) is 16.7 Å². The topological polar surface area (TPSA) is 163 Å². The molecule has 4 atom stereocenters. The summed E-state index contributed by atoms with van der Waals surface area (Å²) in [5.41, 5.74) is 7.89. The molecule has 74 heavy (non-hydrogen) atoms. The van der Waals surface area contributed by atoms with E-state index in [0.717, 1.165) is 132 Å². The molecule has 0 spiro atoms. The van der Waals surface area contributed by atoms with Crippen LogP contribution in [-0.2, 0) is 19.1 Å². The van der Waals surface area contributed by atoms with Crippen LogP contribution in [0.2, 0.25) is 0 Å². The van der Waals surface area contributed by atoms with Crippen molar-refractivity contribution in [2.75, 3.05) is 39.4 Å². The Morgan fingerprint density at radius 1 is 0.919 bits per heavy atom. The molecule has 5 heterocycles. The number of piperidine rings is 1. The quantitative estimate of drug-likeness (QED) is 0.0850. The van der Waals surface area contributed by atoms with E-state index >= 15 is 0 Å². The largest absolute Gasteiger partial charge is 0.391 e. The zero-order chi connectivity index (χ0) is 51.5. The maximum Gasteiger partial charge on any atom is 0.283 e. The Morgan fingerprint density at radius 3 is 2.34 bits per heavy atom. The number of rotatable bonds is 15. The van der Waals surface area contributed by atoms with Crippen LogP contribution >= 0.6 is 27.3 Å². The van der Waals surface area contributed by atoms with E-state index in [2.05, 4.69) is 63.6 Å². The van der Waals surface area contributed by atoms with Crippen LogP contribution in [0.5, 0.6) is 0 Å². The van der Waals surface area contributed by atoms with E-state index in [1.807, 2.05) is 75.7 Å². The van der Waals surface area contributed by atoms with Crippen LogP contribution in [-0.4, -0.2) is 109 Å². The molecule has 11 rings (SSSR count). The summed E-state index contributed by atoms with van der Waals surface area (Å²) in [7, 11) is 0. The molecule has 3 N–H and O–H groups in total. The number of carbonyl (C=O) groups is 3. The molecule has 14 nitrogen and oxygen atoms in total. The summed E-state index contributed by atoms with van der Waals surface area (Å²) in [5, 5.41) is 18.1. The van der Waals surface area contributed by atoms with Gasteiger partial charge in [-0.3, -0.25) is 23.6 Å². The summed E-state index contributed by atoms with van der Waals surface area (Å²) in [6.45, 7) is 11.1. The molecular formula is C58H71BrN8O6S. The lowest BCUT2D eigenvalue weighted by atomic mass is 9.82. The second-order valence-corrected chi connectivity index (χ2v) is 24.9. The van der Waals surface area contributed by atoms with Gasteiger partial charge in [0.15, 0.2) is 0 Å². The minimum Gasteiger partial charge on any atom is -0.391 e. The van der Waals surface area contributed by atoms with Crippen molar-refractivity contribution in [3.63, 3.8) is 0 Å². The second-order valence-electron chi connectivity index (χ2n) is 23.2. The molecule has 5 fully saturated rings. The van der Waals surface area contributed by atoms with E-state index in [9.17, 15) is 24.3 Å². The first kappa shape index (κ1) is 51.1. The Balaban J connectivity index is 0.760. The highest BCUT2D eigenvalue weighted by atomic mass is 79.9. The number of thiazole rings is 1. The van der Waals surface area contributed by atoms with Crippen molar-refractivity contribution >= 4 is 72.7 Å². The fourth-order valence-corrected chi connectivity index (χ4v) is 14.4. The summed E-state index contributed by atoms with van der Waals surface area (Å²) in [4.78, 5) is 70.9. The number of hydrogen-bond donors (Lipinski definition) is 3. The van der Waals surface area contributed by atoms with Crippen LogP contribution in [0.1, 0.15) is 139 Å². The predicted octanol–water partition coefficient (Wildman–Crippen LogP) is 9.63. The zero-order valence-corrected chi connectivity index (χ0v) is 45.7. The Kier molecular flexibility index (Phi) is 14.4. The van der Waals surface area contributed by atoms with Crippen molar-refractivity contribution in [2.45, 2.75) is 147 Å². The molecule has 392 valence electrons. The monoisotopic (exact) mass is 1090 g/mol. The second kappa shape index (κ2) is 20.8. The van der Waals surface area contributed by atoms with Crippen LogP contribution in [0.15, 0.2) is 75.4 Å². The minimum atomic E-state index is -0.915. The number of aryl methyl sites for hydroxylation is 1. The number of carbonyl (C=O) groups excluding carboxylic acids is 3. The first-order chi connectivity index (χ1) is 35.7. The number of nitrogens with one attached hydrogen (secondary N) is 2. The molecule has 0 bridgehead atoms. The summed E-state index contributed by atoms with van der Waals surface area (Å²) < 4.78 is 11.7. The van der Waals surface area contributed by atoms with Gasteiger partial charge < -0.3 is 34.8 Å². The Bertz CT molecular complexity index is 3120. The van der Waals surface area contributed by atoms with Crippen LogP contribution in [0.25, 0.3) is 38.2 Å². The first-order valence-corrected chi connectivity index (χ1v) is 28.9. The number of halogens is 1. The van der Waals surface area contributed by atoms with Crippen molar-refractivity contribution in [3.05, 3.63) is 97.8 Å². The van der Waals surface area contributed by atoms with E-state index in [1.165, 1.54) is 23.3 Å². The smallest absolute Gasteiger partial charge is 0.283 e. The molecular weight excluding hydrogens is 1020 g/mol. The minimum absolute atomic E-state index is 0.0170. The molecule has 3 saturated carbocycles. The van der Waals surface area contributed by atoms with Gasteiger partial charge in [0, 0.05) is 30.0 Å². The molecule has 0 radical (unpaired) electrons. The highest BCUT2D eigenvalue weighted by Gasteiger charge is 2.57. The van der Waals surface area contributed by atoms with Crippen molar-refractivity contribution in [3.8, 4) is 10.4 Å². The third-order valence-corrected chi connectivity index (χ3v) is 19.1. The molecule has 3 aromatic heterocycles. The van der Waals surface area contributed by atoms with E-state index in [-0.39, 0.29) is 42.9 Å². The number of aromatic nitrogens is 4. The van der Waals surface area contributed by atoms with E-state index in [0.29, 0.717) is 29.9 Å². The highest BCUT2D eigenvalue weighted by Crippen LogP contribution is 2.57. The number of fused-ring (bicyclic) bond motifs is 5. The lowest BCUT2D eigenvalue weighted by molar-refractivity contribution is -0.145. The number of nitrogens with zero attached hydrogens (tertiary/aromatic N) is 6. The molecule has 3 amide bonds. The third kappa shape index (κ3) is 9.87. The molecule has 6 aromatic rings. The molecule has 16 heteroatoms. The van der Waals surface area contributed by atoms with Crippen molar-refractivity contribution in [1.29, 1.82) is 0 Å². The fourth-order valence-electron chi connectivity index (χ4n) is 13.1. The lowest BCUT2D eigenvalue weighted by Gasteiger charge is -2.37. The number of aliphatic hydroxyl groups excluding tert-OH is 1. The molecule has 5 aliphatic rings. The first-order valence-electron chi connectivity index (χ1n) is 27.2. The van der Waals surface area contributed by atoms with Gasteiger partial charge in [0.25, 0.3) is 5.56 Å². The van der Waals surface area contributed by atoms with Gasteiger partial charge in [-0.05, 0) is 146 Å². The Morgan fingerprint density at radius 2 is 1.65 bits per heavy atom. The molecule has 0 unspecified atom stereocenters. The number of imidazole rings is 1. The summed E-state index contributed by atoms with van der Waals surface area (Å²) in [5.74, 6) is 0.727.